The normalized spacial score (nSPS) is 54.3. The van der Waals surface area contributed by atoms with Gasteiger partial charge in [0, 0.05) is 11.8 Å². The van der Waals surface area contributed by atoms with E-state index < -0.39 is 5.60 Å². The summed E-state index contributed by atoms with van der Waals surface area (Å²) in [6.07, 6.45) is 8.49. The van der Waals surface area contributed by atoms with Gasteiger partial charge in [-0.25, -0.2) is 0 Å². The fourth-order valence-corrected chi connectivity index (χ4v) is 6.50. The van der Waals surface area contributed by atoms with Crippen molar-refractivity contribution in [2.75, 3.05) is 0 Å². The number of rotatable bonds is 0. The summed E-state index contributed by atoms with van der Waals surface area (Å²) in [6.45, 7) is 4.42. The summed E-state index contributed by atoms with van der Waals surface area (Å²) in [5.41, 5.74) is 0.360. The highest BCUT2D eigenvalue weighted by Crippen LogP contribution is 2.66. The molecule has 0 amide bonds. The first-order valence-corrected chi connectivity index (χ1v) is 8.96. The first-order valence-electron chi connectivity index (χ1n) is 8.96. The Morgan fingerprint density at radius 3 is 2.59 bits per heavy atom. The van der Waals surface area contributed by atoms with Crippen molar-refractivity contribution >= 4 is 5.78 Å². The topological polar surface area (TPSA) is 57.5 Å². The van der Waals surface area contributed by atoms with Gasteiger partial charge in [-0.15, -0.1) is 0 Å². The highest BCUT2D eigenvalue weighted by atomic mass is 16.3. The molecular weight excluding hydrogens is 276 g/mol. The molecule has 4 rings (SSSR count). The van der Waals surface area contributed by atoms with Gasteiger partial charge in [0.15, 0.2) is 5.78 Å². The molecule has 3 heteroatoms. The Morgan fingerprint density at radius 1 is 1.05 bits per heavy atom. The summed E-state index contributed by atoms with van der Waals surface area (Å²) in [7, 11) is 0. The molecule has 0 bridgehead atoms. The van der Waals surface area contributed by atoms with Gasteiger partial charge >= 0.3 is 0 Å². The van der Waals surface area contributed by atoms with Crippen molar-refractivity contribution in [3.8, 4) is 0 Å². The van der Waals surface area contributed by atoms with Crippen LogP contribution >= 0.6 is 0 Å². The average Bonchev–Trinajstić information content (AvgIpc) is 2.72. The molecule has 6 atom stereocenters. The van der Waals surface area contributed by atoms with E-state index in [-0.39, 0.29) is 28.6 Å². The number of fused-ring (bicyclic) bond motifs is 5. The Hall–Kier alpha value is -0.670. The molecule has 3 fully saturated rings. The number of aliphatic hydroxyl groups is 2. The number of aliphatic hydroxyl groups excluding tert-OH is 1. The maximum absolute atomic E-state index is 11.8. The highest BCUT2D eigenvalue weighted by molar-refractivity contribution is 5.91. The first-order chi connectivity index (χ1) is 10.3. The standard InChI is InChI=1S/C19H28O3/c1-17-8-5-13(20)11-12(17)3-4-15-14(17)6-9-18(2)16(21)7-10-19(15,18)22/h11,14-16,21-22H,3-10H2,1-2H3/t14?,15?,16?,17?,18?,19-/m1/s1. The number of hydrogen-bond acceptors (Lipinski definition) is 3. The SMILES string of the molecule is CC12CCC(=O)C=C1CCC1C2CCC2(C)C(O)CC[C@@]12O. The van der Waals surface area contributed by atoms with Crippen molar-refractivity contribution in [3.63, 3.8) is 0 Å². The van der Waals surface area contributed by atoms with Crippen molar-refractivity contribution < 1.29 is 15.0 Å². The number of carbonyl (C=O) groups excluding carboxylic acids is 1. The third kappa shape index (κ3) is 1.62. The molecule has 0 aromatic heterocycles. The van der Waals surface area contributed by atoms with E-state index in [1.54, 1.807) is 0 Å². The molecule has 3 nitrogen and oxygen atoms in total. The molecule has 5 unspecified atom stereocenters. The summed E-state index contributed by atoms with van der Waals surface area (Å²) in [5, 5.41) is 22.0. The predicted molar refractivity (Wildman–Crippen MR) is 84.2 cm³/mol. The quantitative estimate of drug-likeness (QED) is 0.723. The number of allylic oxidation sites excluding steroid dienone is 1. The van der Waals surface area contributed by atoms with Crippen LogP contribution in [0.25, 0.3) is 0 Å². The maximum Gasteiger partial charge on any atom is 0.155 e. The van der Waals surface area contributed by atoms with E-state index >= 15 is 0 Å². The minimum atomic E-state index is -0.717. The van der Waals surface area contributed by atoms with E-state index in [1.807, 2.05) is 6.08 Å². The monoisotopic (exact) mass is 304 g/mol. The molecule has 3 saturated carbocycles. The highest BCUT2D eigenvalue weighted by Gasteiger charge is 2.66. The maximum atomic E-state index is 11.8. The Kier molecular flexibility index (Phi) is 3.01. The van der Waals surface area contributed by atoms with Crippen molar-refractivity contribution in [2.24, 2.45) is 22.7 Å². The van der Waals surface area contributed by atoms with E-state index in [9.17, 15) is 15.0 Å². The van der Waals surface area contributed by atoms with Gasteiger partial charge in [0.1, 0.15) is 0 Å². The van der Waals surface area contributed by atoms with Gasteiger partial charge in [0.25, 0.3) is 0 Å². The van der Waals surface area contributed by atoms with Gasteiger partial charge in [-0.3, -0.25) is 4.79 Å². The van der Waals surface area contributed by atoms with E-state index in [4.69, 9.17) is 0 Å². The lowest BCUT2D eigenvalue weighted by atomic mass is 9.46. The molecule has 0 radical (unpaired) electrons. The Balaban J connectivity index is 1.74. The van der Waals surface area contributed by atoms with Gasteiger partial charge in [0.05, 0.1) is 11.7 Å². The number of ketones is 1. The second kappa shape index (κ2) is 4.45. The molecule has 4 aliphatic carbocycles. The van der Waals surface area contributed by atoms with Crippen LogP contribution < -0.4 is 0 Å². The Bertz CT molecular complexity index is 553. The summed E-state index contributed by atoms with van der Waals surface area (Å²) >= 11 is 0. The van der Waals surface area contributed by atoms with Crippen LogP contribution in [0.1, 0.15) is 65.2 Å². The van der Waals surface area contributed by atoms with Crippen LogP contribution in [0, 0.1) is 22.7 Å². The summed E-state index contributed by atoms with van der Waals surface area (Å²) < 4.78 is 0. The van der Waals surface area contributed by atoms with Crippen LogP contribution in [-0.4, -0.2) is 27.7 Å². The Labute approximate surface area is 132 Å². The molecule has 0 saturated heterocycles. The van der Waals surface area contributed by atoms with Crippen molar-refractivity contribution in [2.45, 2.75) is 76.9 Å². The van der Waals surface area contributed by atoms with Crippen molar-refractivity contribution in [1.29, 1.82) is 0 Å². The van der Waals surface area contributed by atoms with E-state index in [0.717, 1.165) is 44.9 Å². The fraction of sp³-hybridized carbons (Fsp3) is 0.842. The van der Waals surface area contributed by atoms with Crippen LogP contribution in [0.3, 0.4) is 0 Å². The van der Waals surface area contributed by atoms with Gasteiger partial charge in [0.2, 0.25) is 0 Å². The molecule has 0 aliphatic heterocycles. The zero-order chi connectivity index (χ0) is 15.8. The number of hydrogen-bond donors (Lipinski definition) is 2. The van der Waals surface area contributed by atoms with Crippen LogP contribution in [0.15, 0.2) is 11.6 Å². The van der Waals surface area contributed by atoms with Crippen LogP contribution in [0.2, 0.25) is 0 Å². The fourth-order valence-electron chi connectivity index (χ4n) is 6.50. The predicted octanol–water partition coefficient (Wildman–Crippen LogP) is 2.99. The summed E-state index contributed by atoms with van der Waals surface area (Å²) in [5.74, 6) is 1.02. The van der Waals surface area contributed by atoms with Crippen LogP contribution in [0.5, 0.6) is 0 Å². The van der Waals surface area contributed by atoms with Crippen LogP contribution in [0.4, 0.5) is 0 Å². The van der Waals surface area contributed by atoms with Crippen LogP contribution in [-0.2, 0) is 4.79 Å². The van der Waals surface area contributed by atoms with Gasteiger partial charge < -0.3 is 10.2 Å². The lowest BCUT2D eigenvalue weighted by molar-refractivity contribution is -0.192. The molecule has 22 heavy (non-hydrogen) atoms. The molecule has 0 spiro atoms. The lowest BCUT2D eigenvalue weighted by Crippen LogP contribution is -2.61. The molecule has 2 N–H and O–H groups in total. The van der Waals surface area contributed by atoms with E-state index in [2.05, 4.69) is 13.8 Å². The zero-order valence-electron chi connectivity index (χ0n) is 13.8. The lowest BCUT2D eigenvalue weighted by Gasteiger charge is -2.61. The second-order valence-corrected chi connectivity index (χ2v) is 8.74. The largest absolute Gasteiger partial charge is 0.392 e. The van der Waals surface area contributed by atoms with E-state index in [1.165, 1.54) is 5.57 Å². The third-order valence-corrected chi connectivity index (χ3v) is 8.10. The third-order valence-electron chi connectivity index (χ3n) is 8.10. The van der Waals surface area contributed by atoms with E-state index in [0.29, 0.717) is 12.3 Å². The van der Waals surface area contributed by atoms with Gasteiger partial charge in [-0.05, 0) is 68.3 Å². The molecule has 0 heterocycles. The van der Waals surface area contributed by atoms with Gasteiger partial charge in [-0.2, -0.15) is 0 Å². The number of carbonyl (C=O) groups is 1. The molecule has 122 valence electrons. The summed E-state index contributed by atoms with van der Waals surface area (Å²) in [4.78, 5) is 11.8. The van der Waals surface area contributed by atoms with Crippen molar-refractivity contribution in [3.05, 3.63) is 11.6 Å². The second-order valence-electron chi connectivity index (χ2n) is 8.74. The van der Waals surface area contributed by atoms with Gasteiger partial charge in [-0.1, -0.05) is 19.4 Å². The Morgan fingerprint density at radius 2 is 1.82 bits per heavy atom. The average molecular weight is 304 g/mol. The van der Waals surface area contributed by atoms with Crippen molar-refractivity contribution in [1.82, 2.24) is 0 Å². The molecule has 0 aromatic rings. The zero-order valence-corrected chi connectivity index (χ0v) is 13.8. The summed E-state index contributed by atoms with van der Waals surface area (Å²) in [6, 6.07) is 0. The first kappa shape index (κ1) is 14.9. The molecular formula is C19H28O3. The molecule has 4 aliphatic rings. The minimum Gasteiger partial charge on any atom is -0.392 e. The minimum absolute atomic E-state index is 0.0848. The molecule has 0 aromatic carbocycles. The smallest absolute Gasteiger partial charge is 0.155 e.